The van der Waals surface area contributed by atoms with Crippen molar-refractivity contribution < 1.29 is 24.2 Å². The summed E-state index contributed by atoms with van der Waals surface area (Å²) in [4.78, 5) is 35.4. The first-order valence-electron chi connectivity index (χ1n) is 15.0. The second-order valence-electron chi connectivity index (χ2n) is 10.3. The van der Waals surface area contributed by atoms with Crippen LogP contribution in [-0.4, -0.2) is 23.0 Å². The molecule has 0 spiro atoms. The van der Waals surface area contributed by atoms with Gasteiger partial charge in [-0.2, -0.15) is 0 Å². The topological polar surface area (TPSA) is 80.7 Å². The van der Waals surface area contributed by atoms with Crippen molar-refractivity contribution in [1.82, 2.24) is 0 Å². The number of hydrogen-bond donors (Lipinski definition) is 1. The molecule has 0 aromatic rings. The third-order valence-electron chi connectivity index (χ3n) is 6.88. The van der Waals surface area contributed by atoms with E-state index >= 15 is 0 Å². The van der Waals surface area contributed by atoms with E-state index in [1.165, 1.54) is 57.8 Å². The summed E-state index contributed by atoms with van der Waals surface area (Å²) in [6.45, 7) is 4.42. The average molecular weight is 497 g/mol. The number of rotatable bonds is 26. The van der Waals surface area contributed by atoms with Crippen LogP contribution in [0.1, 0.15) is 168 Å². The zero-order chi connectivity index (χ0) is 26.0. The molecule has 0 aliphatic rings. The molecule has 206 valence electrons. The Hall–Kier alpha value is -1.39. The number of ether oxygens (including phenoxy) is 1. The Labute approximate surface area is 216 Å². The molecule has 35 heavy (non-hydrogen) atoms. The van der Waals surface area contributed by atoms with E-state index in [0.717, 1.165) is 77.0 Å². The van der Waals surface area contributed by atoms with Crippen LogP contribution in [-0.2, 0) is 19.1 Å². The Balaban J connectivity index is 4.02. The standard InChI is InChI=1S/C30H56O5/c1-3-5-7-9-10-11-12-13-14-18-22-26-29(33)35-30(34)27(23-19-8-6-4-2)24-20-16-15-17-21-25-28(31)32/h27H,3-26H2,1-2H3,(H,31,32). The molecule has 0 rings (SSSR count). The first kappa shape index (κ1) is 33.6. The van der Waals surface area contributed by atoms with Gasteiger partial charge in [0.15, 0.2) is 0 Å². The van der Waals surface area contributed by atoms with Crippen LogP contribution in [0.4, 0.5) is 0 Å². The van der Waals surface area contributed by atoms with Crippen LogP contribution in [0.25, 0.3) is 0 Å². The molecule has 0 amide bonds. The van der Waals surface area contributed by atoms with Gasteiger partial charge in [-0.25, -0.2) is 0 Å². The van der Waals surface area contributed by atoms with Crippen molar-refractivity contribution in [2.45, 2.75) is 168 Å². The number of esters is 2. The Bertz CT molecular complexity index is 517. The molecule has 0 radical (unpaired) electrons. The number of carboxylic acids is 1. The number of carboxylic acid groups (broad SMARTS) is 1. The number of hydrogen-bond acceptors (Lipinski definition) is 4. The molecule has 5 heteroatoms. The summed E-state index contributed by atoms with van der Waals surface area (Å²) in [5, 5.41) is 8.71. The lowest BCUT2D eigenvalue weighted by molar-refractivity contribution is -0.163. The van der Waals surface area contributed by atoms with Gasteiger partial charge < -0.3 is 9.84 Å². The summed E-state index contributed by atoms with van der Waals surface area (Å²) in [7, 11) is 0. The Morgan fingerprint density at radius 3 is 1.37 bits per heavy atom. The van der Waals surface area contributed by atoms with Crippen molar-refractivity contribution in [3.8, 4) is 0 Å². The predicted octanol–water partition coefficient (Wildman–Crippen LogP) is 9.16. The molecule has 5 nitrogen and oxygen atoms in total. The highest BCUT2D eigenvalue weighted by Gasteiger charge is 2.22. The van der Waals surface area contributed by atoms with Gasteiger partial charge in [-0.15, -0.1) is 0 Å². The molecule has 1 N–H and O–H groups in total. The normalized spacial score (nSPS) is 11.9. The number of aliphatic carboxylic acids is 1. The maximum Gasteiger partial charge on any atom is 0.316 e. The molecule has 0 bridgehead atoms. The zero-order valence-corrected chi connectivity index (χ0v) is 23.1. The maximum absolute atomic E-state index is 12.7. The van der Waals surface area contributed by atoms with Crippen molar-refractivity contribution in [3.05, 3.63) is 0 Å². The van der Waals surface area contributed by atoms with Crippen LogP contribution in [0.15, 0.2) is 0 Å². The Morgan fingerprint density at radius 2 is 0.914 bits per heavy atom. The fourth-order valence-corrected chi connectivity index (χ4v) is 4.57. The first-order chi connectivity index (χ1) is 17.0. The summed E-state index contributed by atoms with van der Waals surface area (Å²) in [6.07, 6.45) is 24.7. The summed E-state index contributed by atoms with van der Waals surface area (Å²) in [5.74, 6) is -1.62. The van der Waals surface area contributed by atoms with E-state index in [1.807, 2.05) is 0 Å². The zero-order valence-electron chi connectivity index (χ0n) is 23.1. The van der Waals surface area contributed by atoms with E-state index < -0.39 is 5.97 Å². The molecule has 0 saturated heterocycles. The van der Waals surface area contributed by atoms with Crippen molar-refractivity contribution in [3.63, 3.8) is 0 Å². The molecule has 1 atom stereocenters. The highest BCUT2D eigenvalue weighted by molar-refractivity contribution is 5.86. The lowest BCUT2D eigenvalue weighted by Crippen LogP contribution is -2.21. The van der Waals surface area contributed by atoms with Crippen LogP contribution in [0.2, 0.25) is 0 Å². The molecule has 0 fully saturated rings. The van der Waals surface area contributed by atoms with E-state index in [-0.39, 0.29) is 24.3 Å². The van der Waals surface area contributed by atoms with Crippen LogP contribution >= 0.6 is 0 Å². The number of unbranched alkanes of at least 4 members (excludes halogenated alkanes) is 17. The van der Waals surface area contributed by atoms with Gasteiger partial charge in [0.2, 0.25) is 0 Å². The van der Waals surface area contributed by atoms with Crippen LogP contribution in [0, 0.1) is 5.92 Å². The van der Waals surface area contributed by atoms with E-state index in [9.17, 15) is 14.4 Å². The highest BCUT2D eigenvalue weighted by atomic mass is 16.6. The van der Waals surface area contributed by atoms with Gasteiger partial charge in [0.1, 0.15) is 0 Å². The lowest BCUT2D eigenvalue weighted by atomic mass is 9.94. The smallest absolute Gasteiger partial charge is 0.316 e. The van der Waals surface area contributed by atoms with Gasteiger partial charge in [0.25, 0.3) is 0 Å². The minimum absolute atomic E-state index is 0.188. The number of carbonyl (C=O) groups excluding carboxylic acids is 2. The third kappa shape index (κ3) is 24.1. The molecule has 0 heterocycles. The second kappa shape index (κ2) is 25.7. The summed E-state index contributed by atoms with van der Waals surface area (Å²) in [5.41, 5.74) is 0. The van der Waals surface area contributed by atoms with Crippen LogP contribution in [0.5, 0.6) is 0 Å². The van der Waals surface area contributed by atoms with Gasteiger partial charge in [-0.1, -0.05) is 129 Å². The van der Waals surface area contributed by atoms with Crippen molar-refractivity contribution in [1.29, 1.82) is 0 Å². The molecule has 0 aromatic carbocycles. The third-order valence-corrected chi connectivity index (χ3v) is 6.88. The van der Waals surface area contributed by atoms with Gasteiger partial charge in [0, 0.05) is 12.8 Å². The fraction of sp³-hybridized carbons (Fsp3) is 0.900. The summed E-state index contributed by atoms with van der Waals surface area (Å²) >= 11 is 0. The minimum atomic E-state index is -0.738. The molecule has 0 saturated carbocycles. The molecular formula is C30H56O5. The van der Waals surface area contributed by atoms with E-state index in [0.29, 0.717) is 12.8 Å². The lowest BCUT2D eigenvalue weighted by Gasteiger charge is -2.15. The Morgan fingerprint density at radius 1 is 0.543 bits per heavy atom. The largest absolute Gasteiger partial charge is 0.481 e. The van der Waals surface area contributed by atoms with E-state index in [2.05, 4.69) is 13.8 Å². The van der Waals surface area contributed by atoms with E-state index in [4.69, 9.17) is 9.84 Å². The minimum Gasteiger partial charge on any atom is -0.481 e. The van der Waals surface area contributed by atoms with E-state index in [1.54, 1.807) is 0 Å². The highest BCUT2D eigenvalue weighted by Crippen LogP contribution is 2.21. The van der Waals surface area contributed by atoms with Crippen molar-refractivity contribution in [2.75, 3.05) is 0 Å². The van der Waals surface area contributed by atoms with Crippen molar-refractivity contribution in [2.24, 2.45) is 5.92 Å². The average Bonchev–Trinajstić information content (AvgIpc) is 2.82. The fourth-order valence-electron chi connectivity index (χ4n) is 4.57. The van der Waals surface area contributed by atoms with Gasteiger partial charge >= 0.3 is 17.9 Å². The SMILES string of the molecule is CCCCCCCCCCCCCC(=O)OC(=O)C(CCCCCC)CCCCCCCC(=O)O. The number of carbonyl (C=O) groups is 3. The summed E-state index contributed by atoms with van der Waals surface area (Å²) < 4.78 is 5.24. The molecule has 0 aromatic heterocycles. The second-order valence-corrected chi connectivity index (χ2v) is 10.3. The maximum atomic E-state index is 12.7. The molecule has 0 aliphatic heterocycles. The van der Waals surface area contributed by atoms with Crippen LogP contribution < -0.4 is 0 Å². The molecule has 0 aliphatic carbocycles. The van der Waals surface area contributed by atoms with Gasteiger partial charge in [-0.3, -0.25) is 14.4 Å². The summed E-state index contributed by atoms with van der Waals surface area (Å²) in [6, 6.07) is 0. The Kier molecular flexibility index (Phi) is 24.7. The van der Waals surface area contributed by atoms with Gasteiger partial charge in [0.05, 0.1) is 5.92 Å². The quantitative estimate of drug-likeness (QED) is 0.0733. The van der Waals surface area contributed by atoms with Crippen molar-refractivity contribution >= 4 is 17.9 Å². The van der Waals surface area contributed by atoms with Gasteiger partial charge in [-0.05, 0) is 25.7 Å². The molecule has 1 unspecified atom stereocenters. The first-order valence-corrected chi connectivity index (χ1v) is 15.0. The van der Waals surface area contributed by atoms with Crippen LogP contribution in [0.3, 0.4) is 0 Å². The predicted molar refractivity (Wildman–Crippen MR) is 144 cm³/mol. The monoisotopic (exact) mass is 496 g/mol. The molecular weight excluding hydrogens is 440 g/mol.